The van der Waals surface area contributed by atoms with E-state index in [1.54, 1.807) is 0 Å². The van der Waals surface area contributed by atoms with Gasteiger partial charge in [0.25, 0.3) is 21.9 Å². The van der Waals surface area contributed by atoms with Crippen molar-refractivity contribution in [1.29, 1.82) is 0 Å². The summed E-state index contributed by atoms with van der Waals surface area (Å²) in [6, 6.07) is 8.07. The van der Waals surface area contributed by atoms with Gasteiger partial charge in [0, 0.05) is 22.9 Å². The van der Waals surface area contributed by atoms with Crippen LogP contribution >= 0.6 is 0 Å². The van der Waals surface area contributed by atoms with Crippen molar-refractivity contribution in [2.45, 2.75) is 85.5 Å². The number of imide groups is 1. The molecule has 2 aliphatic carbocycles. The van der Waals surface area contributed by atoms with Gasteiger partial charge >= 0.3 is 0 Å². The molecule has 2 N–H and O–H groups in total. The van der Waals surface area contributed by atoms with Gasteiger partial charge in [0.2, 0.25) is 0 Å². The maximum Gasteiger partial charge on any atom is 0.265 e. The molecule has 0 aromatic heterocycles. The lowest BCUT2D eigenvalue weighted by molar-refractivity contribution is -0.128. The summed E-state index contributed by atoms with van der Waals surface area (Å²) < 4.78 is 31.0. The number of fused-ring (bicyclic) bond motifs is 2. The fourth-order valence-corrected chi connectivity index (χ4v) is 7.70. The molecule has 0 spiro atoms. The van der Waals surface area contributed by atoms with Crippen molar-refractivity contribution >= 4 is 38.5 Å². The molecule has 2 aromatic rings. The molecular weight excluding hydrogens is 502 g/mol. The highest BCUT2D eigenvalue weighted by atomic mass is 32.2. The number of amides is 2. The molecule has 2 bridgehead atoms. The van der Waals surface area contributed by atoms with Crippen LogP contribution < -0.4 is 5.32 Å². The Bertz CT molecular complexity index is 1410. The predicted molar refractivity (Wildman–Crippen MR) is 148 cm³/mol. The maximum absolute atomic E-state index is 12.3. The van der Waals surface area contributed by atoms with Gasteiger partial charge in [-0.25, -0.2) is 0 Å². The molecule has 7 nitrogen and oxygen atoms in total. The highest BCUT2D eigenvalue weighted by molar-refractivity contribution is 7.85. The van der Waals surface area contributed by atoms with E-state index in [0.717, 1.165) is 28.3 Å². The third kappa shape index (κ3) is 4.70. The number of nitrogens with one attached hydrogen (secondary N) is 1. The number of Topliss-reactive ketones (excluding diaryl/α,β-unsaturated/α-hetero) is 1. The van der Waals surface area contributed by atoms with Gasteiger partial charge in [0.1, 0.15) is 5.78 Å². The van der Waals surface area contributed by atoms with Crippen LogP contribution in [-0.2, 0) is 25.7 Å². The van der Waals surface area contributed by atoms with Gasteiger partial charge in [0.05, 0.1) is 11.2 Å². The standard InChI is InChI=1S/C20H23NO2.C10H16O4S/c1-19(2,3)12-7-11-8-13(20(4,5)6)10-15-16(11)14(9-12)17(22)21-18(15)23;1-9(2)7-3-4-10(9,8(11)5-7)6-15(12,13)14/h7-10H,1-6H3,(H,21,22,23);7H,3-6H2,1-2H3,(H,12,13,14). The van der Waals surface area contributed by atoms with Crippen LogP contribution in [0.1, 0.15) is 106 Å². The van der Waals surface area contributed by atoms with Crippen LogP contribution in [0.4, 0.5) is 0 Å². The van der Waals surface area contributed by atoms with Gasteiger partial charge in [-0.1, -0.05) is 67.5 Å². The Kier molecular flexibility index (Phi) is 6.52. The molecule has 8 heteroatoms. The number of benzene rings is 2. The molecule has 2 fully saturated rings. The molecule has 1 aliphatic heterocycles. The lowest BCUT2D eigenvalue weighted by atomic mass is 9.70. The van der Waals surface area contributed by atoms with Crippen molar-refractivity contribution in [2.24, 2.45) is 16.7 Å². The topological polar surface area (TPSA) is 118 Å². The first-order chi connectivity index (χ1) is 17.2. The van der Waals surface area contributed by atoms with Crippen LogP contribution in [-0.4, -0.2) is 36.3 Å². The van der Waals surface area contributed by atoms with E-state index in [1.165, 1.54) is 0 Å². The number of rotatable bonds is 2. The summed E-state index contributed by atoms with van der Waals surface area (Å²) in [4.78, 5) is 36.5. The minimum absolute atomic E-state index is 0.0152. The molecule has 2 atom stereocenters. The van der Waals surface area contributed by atoms with Crippen molar-refractivity contribution in [2.75, 3.05) is 5.75 Å². The lowest BCUT2D eigenvalue weighted by Gasteiger charge is -2.35. The third-order valence-corrected chi connectivity index (χ3v) is 9.92. The van der Waals surface area contributed by atoms with Gasteiger partial charge in [-0.3, -0.25) is 24.3 Å². The van der Waals surface area contributed by atoms with Crippen LogP contribution in [0.5, 0.6) is 0 Å². The zero-order valence-corrected chi connectivity index (χ0v) is 24.4. The molecule has 206 valence electrons. The molecule has 38 heavy (non-hydrogen) atoms. The van der Waals surface area contributed by atoms with E-state index in [2.05, 4.69) is 59.0 Å². The van der Waals surface area contributed by atoms with Crippen molar-refractivity contribution < 1.29 is 27.4 Å². The molecule has 2 aromatic carbocycles. The zero-order chi connectivity index (χ0) is 28.6. The first-order valence-corrected chi connectivity index (χ1v) is 14.8. The normalized spacial score (nSPS) is 24.3. The average molecular weight is 542 g/mol. The Labute approximate surface area is 225 Å². The van der Waals surface area contributed by atoms with Gasteiger partial charge < -0.3 is 0 Å². The van der Waals surface area contributed by atoms with Crippen LogP contribution in [0, 0.1) is 16.7 Å². The smallest absolute Gasteiger partial charge is 0.265 e. The highest BCUT2D eigenvalue weighted by Gasteiger charge is 2.65. The number of carbonyl (C=O) groups is 3. The summed E-state index contributed by atoms with van der Waals surface area (Å²) in [5, 5.41) is 4.22. The SMILES string of the molecule is CC(C)(C)c1cc2c3c(cc(C(C)(C)C)cc3c1)C(=O)NC2=O.CC1(C)C2CCC1(CS(=O)(=O)O)C(=O)C2. The summed E-state index contributed by atoms with van der Waals surface area (Å²) in [6.45, 7) is 16.6. The van der Waals surface area contributed by atoms with E-state index >= 15 is 0 Å². The Balaban J connectivity index is 0.000000194. The van der Waals surface area contributed by atoms with Crippen molar-refractivity contribution in [1.82, 2.24) is 5.32 Å². The van der Waals surface area contributed by atoms with E-state index in [0.29, 0.717) is 24.0 Å². The maximum atomic E-state index is 12.3. The van der Waals surface area contributed by atoms with E-state index in [-0.39, 0.29) is 39.8 Å². The molecule has 0 radical (unpaired) electrons. The van der Waals surface area contributed by atoms with Gasteiger partial charge in [-0.05, 0) is 63.7 Å². The first kappa shape index (κ1) is 28.4. The van der Waals surface area contributed by atoms with Crippen LogP contribution in [0.15, 0.2) is 24.3 Å². The Morgan fingerprint density at radius 2 is 1.37 bits per heavy atom. The minimum atomic E-state index is -4.08. The average Bonchev–Trinajstić information content (AvgIpc) is 3.09. The van der Waals surface area contributed by atoms with E-state index in [4.69, 9.17) is 4.55 Å². The second-order valence-electron chi connectivity index (χ2n) is 13.8. The molecule has 2 unspecified atom stereocenters. The van der Waals surface area contributed by atoms with E-state index in [1.807, 2.05) is 26.0 Å². The van der Waals surface area contributed by atoms with Crippen LogP contribution in [0.2, 0.25) is 0 Å². The van der Waals surface area contributed by atoms with Gasteiger partial charge in [-0.15, -0.1) is 0 Å². The van der Waals surface area contributed by atoms with Crippen molar-refractivity contribution in [3.05, 3.63) is 46.5 Å². The lowest BCUT2D eigenvalue weighted by Crippen LogP contribution is -2.42. The molecule has 2 saturated carbocycles. The second kappa shape index (κ2) is 8.71. The van der Waals surface area contributed by atoms with Gasteiger partial charge in [-0.2, -0.15) is 8.42 Å². The van der Waals surface area contributed by atoms with Crippen molar-refractivity contribution in [3.8, 4) is 0 Å². The third-order valence-electron chi connectivity index (χ3n) is 9.07. The van der Waals surface area contributed by atoms with E-state index < -0.39 is 21.3 Å². The first-order valence-electron chi connectivity index (χ1n) is 13.1. The molecular formula is C30H39NO6S. The summed E-state index contributed by atoms with van der Waals surface area (Å²) in [5.41, 5.74) is 2.15. The largest absolute Gasteiger partial charge is 0.299 e. The molecule has 5 rings (SSSR count). The summed E-state index contributed by atoms with van der Waals surface area (Å²) in [7, 11) is -4.08. The van der Waals surface area contributed by atoms with E-state index in [9.17, 15) is 22.8 Å². The zero-order valence-electron chi connectivity index (χ0n) is 23.6. The summed E-state index contributed by atoms with van der Waals surface area (Å²) in [5.74, 6) is -0.708. The quantitative estimate of drug-likeness (QED) is 0.378. The molecule has 1 heterocycles. The molecule has 2 amide bonds. The second-order valence-corrected chi connectivity index (χ2v) is 15.3. The molecule has 3 aliphatic rings. The Morgan fingerprint density at radius 1 is 0.895 bits per heavy atom. The number of hydrogen-bond acceptors (Lipinski definition) is 5. The Hall–Kier alpha value is -2.58. The summed E-state index contributed by atoms with van der Waals surface area (Å²) in [6.07, 6.45) is 1.97. The van der Waals surface area contributed by atoms with Crippen molar-refractivity contribution in [3.63, 3.8) is 0 Å². The predicted octanol–water partition coefficient (Wildman–Crippen LogP) is 5.59. The monoisotopic (exact) mass is 541 g/mol. The summed E-state index contributed by atoms with van der Waals surface area (Å²) >= 11 is 0. The van der Waals surface area contributed by atoms with Crippen LogP contribution in [0.3, 0.4) is 0 Å². The Morgan fingerprint density at radius 3 is 1.71 bits per heavy atom. The fraction of sp³-hybridized carbons (Fsp3) is 0.567. The number of ketones is 1. The highest BCUT2D eigenvalue weighted by Crippen LogP contribution is 2.64. The number of carbonyl (C=O) groups excluding carboxylic acids is 3. The fourth-order valence-electron chi connectivity index (χ4n) is 6.40. The molecule has 0 saturated heterocycles. The minimum Gasteiger partial charge on any atom is -0.299 e. The van der Waals surface area contributed by atoms with Crippen LogP contribution in [0.25, 0.3) is 10.8 Å². The number of hydrogen-bond donors (Lipinski definition) is 2. The van der Waals surface area contributed by atoms with Gasteiger partial charge in [0.15, 0.2) is 0 Å².